The molecule has 0 N–H and O–H groups in total. The Kier molecular flexibility index (Phi) is 2.91. The molecule has 1 aliphatic rings. The van der Waals surface area contributed by atoms with Crippen LogP contribution >= 0.6 is 11.3 Å². The monoisotopic (exact) mass is 261 g/mol. The Morgan fingerprint density at radius 1 is 1.56 bits per heavy atom. The maximum Gasteiger partial charge on any atom is 0.266 e. The number of aromatic nitrogens is 2. The van der Waals surface area contributed by atoms with E-state index in [-0.39, 0.29) is 11.9 Å². The summed E-state index contributed by atoms with van der Waals surface area (Å²) in [5.74, 6) is 0.108. The fourth-order valence-corrected chi connectivity index (χ4v) is 3.18. The standard InChI is InChI=1S/C13H15N3OS/c1-2-10-11-4-3-5-15(11)6-7-16(10)13(17)12-8-14-9-18-12/h3-5,8-10H,2,6-7H2,1H3. The lowest BCUT2D eigenvalue weighted by Crippen LogP contribution is -2.41. The molecule has 1 atom stereocenters. The summed E-state index contributed by atoms with van der Waals surface area (Å²) in [5.41, 5.74) is 2.95. The molecular formula is C13H15N3OS. The van der Waals surface area contributed by atoms with E-state index in [1.54, 1.807) is 11.7 Å². The lowest BCUT2D eigenvalue weighted by Gasteiger charge is -2.36. The van der Waals surface area contributed by atoms with E-state index >= 15 is 0 Å². The number of carbonyl (C=O) groups excluding carboxylic acids is 1. The third-order valence-corrected chi connectivity index (χ3v) is 4.22. The highest BCUT2D eigenvalue weighted by Crippen LogP contribution is 2.30. The van der Waals surface area contributed by atoms with Gasteiger partial charge in [-0.05, 0) is 18.6 Å². The molecule has 0 bridgehead atoms. The van der Waals surface area contributed by atoms with Crippen molar-refractivity contribution >= 4 is 17.2 Å². The van der Waals surface area contributed by atoms with Crippen LogP contribution in [0.5, 0.6) is 0 Å². The molecule has 0 aromatic carbocycles. The van der Waals surface area contributed by atoms with Crippen molar-refractivity contribution in [3.8, 4) is 0 Å². The van der Waals surface area contributed by atoms with E-state index in [0.29, 0.717) is 0 Å². The first-order valence-corrected chi connectivity index (χ1v) is 7.03. The first-order valence-electron chi connectivity index (χ1n) is 6.15. The van der Waals surface area contributed by atoms with Gasteiger partial charge in [0, 0.05) is 25.0 Å². The summed E-state index contributed by atoms with van der Waals surface area (Å²) in [6.07, 6.45) is 4.69. The van der Waals surface area contributed by atoms with Crippen LogP contribution in [0.25, 0.3) is 0 Å². The number of nitrogens with zero attached hydrogens (tertiary/aromatic N) is 3. The zero-order valence-corrected chi connectivity index (χ0v) is 11.1. The molecule has 0 fully saturated rings. The van der Waals surface area contributed by atoms with Crippen LogP contribution in [0.15, 0.2) is 30.0 Å². The van der Waals surface area contributed by atoms with E-state index in [2.05, 4.69) is 34.8 Å². The van der Waals surface area contributed by atoms with Crippen LogP contribution in [0, 0.1) is 0 Å². The minimum atomic E-state index is 0.108. The van der Waals surface area contributed by atoms with Gasteiger partial charge < -0.3 is 9.47 Å². The Hall–Kier alpha value is -1.62. The highest BCUT2D eigenvalue weighted by molar-refractivity contribution is 7.11. The molecule has 0 saturated heterocycles. The zero-order chi connectivity index (χ0) is 12.5. The molecule has 1 aliphatic heterocycles. The van der Waals surface area contributed by atoms with Crippen molar-refractivity contribution in [2.45, 2.75) is 25.9 Å². The van der Waals surface area contributed by atoms with Crippen molar-refractivity contribution < 1.29 is 4.79 Å². The van der Waals surface area contributed by atoms with Crippen molar-refractivity contribution in [3.63, 3.8) is 0 Å². The van der Waals surface area contributed by atoms with Crippen molar-refractivity contribution in [3.05, 3.63) is 40.6 Å². The molecule has 94 valence electrons. The smallest absolute Gasteiger partial charge is 0.266 e. The molecule has 2 aromatic heterocycles. The van der Waals surface area contributed by atoms with Gasteiger partial charge in [0.05, 0.1) is 17.7 Å². The minimum absolute atomic E-state index is 0.108. The summed E-state index contributed by atoms with van der Waals surface area (Å²) in [5, 5.41) is 0. The molecule has 3 rings (SSSR count). The number of amides is 1. The maximum atomic E-state index is 12.4. The Morgan fingerprint density at radius 3 is 3.17 bits per heavy atom. The van der Waals surface area contributed by atoms with Crippen LogP contribution in [-0.2, 0) is 6.54 Å². The molecule has 0 radical (unpaired) electrons. The van der Waals surface area contributed by atoms with Gasteiger partial charge in [0.15, 0.2) is 0 Å². The van der Waals surface area contributed by atoms with E-state index in [0.717, 1.165) is 24.4 Å². The van der Waals surface area contributed by atoms with Gasteiger partial charge in [-0.2, -0.15) is 0 Å². The van der Waals surface area contributed by atoms with Crippen molar-refractivity contribution in [2.75, 3.05) is 6.54 Å². The molecule has 2 aromatic rings. The Labute approximate surface area is 110 Å². The lowest BCUT2D eigenvalue weighted by molar-refractivity contribution is 0.0622. The third kappa shape index (κ3) is 1.75. The number of thiazole rings is 1. The van der Waals surface area contributed by atoms with Gasteiger partial charge >= 0.3 is 0 Å². The van der Waals surface area contributed by atoms with Gasteiger partial charge in [0.2, 0.25) is 0 Å². The SMILES string of the molecule is CCC1c2cccn2CCN1C(=O)c1cncs1. The fraction of sp³-hybridized carbons (Fsp3) is 0.385. The number of hydrogen-bond acceptors (Lipinski definition) is 3. The van der Waals surface area contributed by atoms with Gasteiger partial charge in [0.1, 0.15) is 4.88 Å². The van der Waals surface area contributed by atoms with E-state index in [4.69, 9.17) is 0 Å². The van der Waals surface area contributed by atoms with Gasteiger partial charge in [-0.3, -0.25) is 9.78 Å². The normalized spacial score (nSPS) is 18.7. The van der Waals surface area contributed by atoms with Crippen molar-refractivity contribution in [1.29, 1.82) is 0 Å². The Morgan fingerprint density at radius 2 is 2.44 bits per heavy atom. The third-order valence-electron chi connectivity index (χ3n) is 3.45. The molecular weight excluding hydrogens is 246 g/mol. The highest BCUT2D eigenvalue weighted by Gasteiger charge is 2.30. The number of fused-ring (bicyclic) bond motifs is 1. The predicted octanol–water partition coefficient (Wildman–Crippen LogP) is 2.55. The van der Waals surface area contributed by atoms with Crippen LogP contribution in [0.1, 0.15) is 34.8 Å². The predicted molar refractivity (Wildman–Crippen MR) is 70.6 cm³/mol. The van der Waals surface area contributed by atoms with E-state index in [1.165, 1.54) is 17.0 Å². The van der Waals surface area contributed by atoms with Gasteiger partial charge in [-0.1, -0.05) is 6.92 Å². The first kappa shape index (κ1) is 11.5. The number of rotatable bonds is 2. The van der Waals surface area contributed by atoms with E-state index in [9.17, 15) is 4.79 Å². The molecule has 1 unspecified atom stereocenters. The van der Waals surface area contributed by atoms with Crippen molar-refractivity contribution in [2.24, 2.45) is 0 Å². The molecule has 0 spiro atoms. The summed E-state index contributed by atoms with van der Waals surface area (Å²) in [4.78, 5) is 19.1. The maximum absolute atomic E-state index is 12.4. The molecule has 0 aliphatic carbocycles. The second-order valence-corrected chi connectivity index (χ2v) is 5.30. The van der Waals surface area contributed by atoms with Crippen LogP contribution in [0.3, 0.4) is 0 Å². The zero-order valence-electron chi connectivity index (χ0n) is 10.2. The van der Waals surface area contributed by atoms with E-state index in [1.807, 2.05) is 4.90 Å². The molecule has 3 heterocycles. The molecule has 1 amide bonds. The van der Waals surface area contributed by atoms with Crippen LogP contribution < -0.4 is 0 Å². The highest BCUT2D eigenvalue weighted by atomic mass is 32.1. The second-order valence-electron chi connectivity index (χ2n) is 4.41. The van der Waals surface area contributed by atoms with Crippen LogP contribution in [-0.4, -0.2) is 26.9 Å². The molecule has 18 heavy (non-hydrogen) atoms. The first-order chi connectivity index (χ1) is 8.81. The summed E-state index contributed by atoms with van der Waals surface area (Å²) in [6.45, 7) is 3.78. The second kappa shape index (κ2) is 4.57. The summed E-state index contributed by atoms with van der Waals surface area (Å²) in [7, 11) is 0. The summed E-state index contributed by atoms with van der Waals surface area (Å²) in [6, 6.07) is 4.35. The summed E-state index contributed by atoms with van der Waals surface area (Å²) < 4.78 is 2.24. The summed E-state index contributed by atoms with van der Waals surface area (Å²) >= 11 is 1.41. The Bertz CT molecular complexity index is 546. The van der Waals surface area contributed by atoms with Crippen LogP contribution in [0.4, 0.5) is 0 Å². The fourth-order valence-electron chi connectivity index (χ4n) is 2.60. The average Bonchev–Trinajstić information content (AvgIpc) is 3.06. The average molecular weight is 261 g/mol. The number of carbonyl (C=O) groups is 1. The number of hydrogen-bond donors (Lipinski definition) is 0. The quantitative estimate of drug-likeness (QED) is 0.833. The molecule has 0 saturated carbocycles. The molecule has 5 heteroatoms. The minimum Gasteiger partial charge on any atom is -0.348 e. The Balaban J connectivity index is 1.92. The van der Waals surface area contributed by atoms with Gasteiger partial charge in [-0.25, -0.2) is 0 Å². The largest absolute Gasteiger partial charge is 0.348 e. The van der Waals surface area contributed by atoms with E-state index < -0.39 is 0 Å². The topological polar surface area (TPSA) is 38.1 Å². The lowest BCUT2D eigenvalue weighted by atomic mass is 10.1. The van der Waals surface area contributed by atoms with Crippen LogP contribution in [0.2, 0.25) is 0 Å². The van der Waals surface area contributed by atoms with Crippen molar-refractivity contribution in [1.82, 2.24) is 14.5 Å². The molecule has 4 nitrogen and oxygen atoms in total. The van der Waals surface area contributed by atoms with Gasteiger partial charge in [-0.15, -0.1) is 11.3 Å². The van der Waals surface area contributed by atoms with Gasteiger partial charge in [0.25, 0.3) is 5.91 Å².